The van der Waals surface area contributed by atoms with Gasteiger partial charge in [-0.05, 0) is 39.7 Å². The van der Waals surface area contributed by atoms with Gasteiger partial charge in [0.25, 0.3) is 0 Å². The molecular weight excluding hydrogens is 343 g/mol. The summed E-state index contributed by atoms with van der Waals surface area (Å²) in [5, 5.41) is 9.45. The van der Waals surface area contributed by atoms with Gasteiger partial charge in [0, 0.05) is 6.61 Å². The van der Waals surface area contributed by atoms with Crippen molar-refractivity contribution >= 4 is 7.60 Å². The molecule has 0 radical (unpaired) electrons. The van der Waals surface area contributed by atoms with Crippen molar-refractivity contribution in [3.05, 3.63) is 35.9 Å². The molecule has 1 aromatic rings. The first-order valence-corrected chi connectivity index (χ1v) is 10.4. The predicted octanol–water partition coefficient (Wildman–Crippen LogP) is 3.97. The summed E-state index contributed by atoms with van der Waals surface area (Å²) in [7, 11) is -3.36. The molecule has 7 heteroatoms. The van der Waals surface area contributed by atoms with Gasteiger partial charge in [0.1, 0.15) is 6.35 Å². The fraction of sp³-hybridized carbons (Fsp3) is 0.667. The summed E-state index contributed by atoms with van der Waals surface area (Å²) < 4.78 is 34.7. The van der Waals surface area contributed by atoms with Crippen molar-refractivity contribution in [1.29, 1.82) is 0 Å². The first-order chi connectivity index (χ1) is 11.8. The summed E-state index contributed by atoms with van der Waals surface area (Å²) in [4.78, 5) is 0. The highest BCUT2D eigenvalue weighted by molar-refractivity contribution is 7.53. The van der Waals surface area contributed by atoms with E-state index in [0.29, 0.717) is 19.6 Å². The number of ether oxygens (including phenoxy) is 2. The third-order valence-corrected chi connectivity index (χ3v) is 5.06. The van der Waals surface area contributed by atoms with E-state index in [-0.39, 0.29) is 25.2 Å². The quantitative estimate of drug-likeness (QED) is 0.416. The summed E-state index contributed by atoms with van der Waals surface area (Å²) in [5.41, 5.74) is 1.09. The van der Waals surface area contributed by atoms with Crippen LogP contribution in [0, 0.1) is 0 Å². The predicted molar refractivity (Wildman–Crippen MR) is 97.6 cm³/mol. The highest BCUT2D eigenvalue weighted by atomic mass is 31.2. The zero-order valence-electron chi connectivity index (χ0n) is 15.6. The van der Waals surface area contributed by atoms with E-state index >= 15 is 0 Å². The number of benzene rings is 1. The summed E-state index contributed by atoms with van der Waals surface area (Å²) >= 11 is 0. The first-order valence-electron chi connectivity index (χ1n) is 8.64. The van der Waals surface area contributed by atoms with Crippen LogP contribution in [0.4, 0.5) is 0 Å². The average molecular weight is 374 g/mol. The monoisotopic (exact) mass is 374 g/mol. The molecule has 1 atom stereocenters. The van der Waals surface area contributed by atoms with Gasteiger partial charge in [0.05, 0.1) is 31.5 Å². The van der Waals surface area contributed by atoms with E-state index in [0.717, 1.165) is 5.56 Å². The largest absolute Gasteiger partial charge is 0.394 e. The number of hydrogen-bond donors (Lipinski definition) is 1. The van der Waals surface area contributed by atoms with Crippen molar-refractivity contribution in [3.8, 4) is 0 Å². The Bertz CT molecular complexity index is 492. The van der Waals surface area contributed by atoms with Gasteiger partial charge in [0.15, 0.2) is 0 Å². The van der Waals surface area contributed by atoms with E-state index in [2.05, 4.69) is 0 Å². The molecule has 1 rings (SSSR count). The fourth-order valence-electron chi connectivity index (χ4n) is 2.13. The molecule has 1 N–H and O–H groups in total. The molecule has 0 heterocycles. The van der Waals surface area contributed by atoms with Gasteiger partial charge < -0.3 is 23.6 Å². The van der Waals surface area contributed by atoms with Gasteiger partial charge in [-0.1, -0.05) is 30.3 Å². The molecule has 6 nitrogen and oxygen atoms in total. The third kappa shape index (κ3) is 10.1. The lowest BCUT2D eigenvalue weighted by atomic mass is 10.2. The van der Waals surface area contributed by atoms with Crippen molar-refractivity contribution in [2.75, 3.05) is 19.6 Å². The standard InChI is InChI=1S/C18H31O6P/c1-15(2)23-25(20,24-16(3)4)14-22-18(12-19)10-11-21-13-17-8-6-5-7-9-17/h5-9,15-16,18-19H,10-14H2,1-4H3. The smallest absolute Gasteiger partial charge is 0.356 e. The molecule has 0 bridgehead atoms. The number of aliphatic hydroxyl groups excluding tert-OH is 1. The van der Waals surface area contributed by atoms with E-state index < -0.39 is 13.7 Å². The Morgan fingerprint density at radius 1 is 1.04 bits per heavy atom. The minimum atomic E-state index is -3.36. The van der Waals surface area contributed by atoms with Crippen LogP contribution in [0.25, 0.3) is 0 Å². The molecule has 0 spiro atoms. The Hall–Kier alpha value is -0.750. The van der Waals surface area contributed by atoms with Crippen molar-refractivity contribution in [2.45, 2.75) is 59.0 Å². The van der Waals surface area contributed by atoms with Gasteiger partial charge in [0.2, 0.25) is 0 Å². The van der Waals surface area contributed by atoms with Crippen LogP contribution in [-0.4, -0.2) is 43.0 Å². The minimum absolute atomic E-state index is 0.182. The first kappa shape index (κ1) is 22.3. The number of hydrogen-bond acceptors (Lipinski definition) is 6. The molecule has 0 saturated heterocycles. The zero-order chi connectivity index (χ0) is 18.7. The Morgan fingerprint density at radius 3 is 2.16 bits per heavy atom. The Balaban J connectivity index is 2.38. The molecule has 25 heavy (non-hydrogen) atoms. The molecule has 0 aromatic heterocycles. The lowest BCUT2D eigenvalue weighted by Gasteiger charge is -2.24. The molecule has 0 aliphatic carbocycles. The average Bonchev–Trinajstić information content (AvgIpc) is 2.53. The molecule has 144 valence electrons. The van der Waals surface area contributed by atoms with Gasteiger partial charge in [-0.25, -0.2) is 0 Å². The zero-order valence-corrected chi connectivity index (χ0v) is 16.5. The van der Waals surface area contributed by atoms with Crippen LogP contribution in [0.5, 0.6) is 0 Å². The van der Waals surface area contributed by atoms with Crippen molar-refractivity contribution < 1.29 is 28.2 Å². The number of rotatable bonds is 13. The lowest BCUT2D eigenvalue weighted by molar-refractivity contribution is -0.00463. The Kier molecular flexibility index (Phi) is 10.5. The maximum atomic E-state index is 12.7. The van der Waals surface area contributed by atoms with Gasteiger partial charge in [-0.15, -0.1) is 0 Å². The van der Waals surface area contributed by atoms with Crippen LogP contribution in [-0.2, 0) is 29.7 Å². The molecule has 0 fully saturated rings. The topological polar surface area (TPSA) is 74.2 Å². The third-order valence-electron chi connectivity index (χ3n) is 3.11. The molecule has 0 amide bonds. The second-order valence-electron chi connectivity index (χ2n) is 6.35. The highest BCUT2D eigenvalue weighted by Gasteiger charge is 2.29. The maximum Gasteiger partial charge on any atom is 0.356 e. The normalized spacial score (nSPS) is 13.6. The van der Waals surface area contributed by atoms with Gasteiger partial charge >= 0.3 is 7.60 Å². The van der Waals surface area contributed by atoms with E-state index in [4.69, 9.17) is 18.5 Å². The molecule has 1 unspecified atom stereocenters. The van der Waals surface area contributed by atoms with E-state index in [9.17, 15) is 9.67 Å². The van der Waals surface area contributed by atoms with Crippen LogP contribution in [0.2, 0.25) is 0 Å². The van der Waals surface area contributed by atoms with Gasteiger partial charge in [-0.3, -0.25) is 4.57 Å². The fourth-order valence-corrected chi connectivity index (χ4v) is 3.98. The van der Waals surface area contributed by atoms with Crippen LogP contribution < -0.4 is 0 Å². The van der Waals surface area contributed by atoms with Crippen LogP contribution in [0.3, 0.4) is 0 Å². The molecule has 1 aromatic carbocycles. The van der Waals surface area contributed by atoms with Crippen molar-refractivity contribution in [2.24, 2.45) is 0 Å². The number of aliphatic hydroxyl groups is 1. The summed E-state index contributed by atoms with van der Waals surface area (Å²) in [6.45, 7) is 7.91. The van der Waals surface area contributed by atoms with E-state index in [1.165, 1.54) is 0 Å². The van der Waals surface area contributed by atoms with Gasteiger partial charge in [-0.2, -0.15) is 0 Å². The molecular formula is C18H31O6P. The summed E-state index contributed by atoms with van der Waals surface area (Å²) in [5.74, 6) is 0. The second kappa shape index (κ2) is 11.8. The SMILES string of the molecule is CC(C)OP(=O)(COC(CO)CCOCc1ccccc1)OC(C)C. The second-order valence-corrected chi connectivity index (χ2v) is 8.25. The van der Waals surface area contributed by atoms with Crippen LogP contribution >= 0.6 is 7.60 Å². The van der Waals surface area contributed by atoms with Crippen LogP contribution in [0.1, 0.15) is 39.7 Å². The molecule has 0 saturated carbocycles. The molecule has 0 aliphatic rings. The lowest BCUT2D eigenvalue weighted by Crippen LogP contribution is -2.22. The van der Waals surface area contributed by atoms with E-state index in [1.54, 1.807) is 27.7 Å². The van der Waals surface area contributed by atoms with E-state index in [1.807, 2.05) is 30.3 Å². The summed E-state index contributed by atoms with van der Waals surface area (Å²) in [6, 6.07) is 9.85. The Morgan fingerprint density at radius 2 is 1.64 bits per heavy atom. The van der Waals surface area contributed by atoms with Crippen molar-refractivity contribution in [3.63, 3.8) is 0 Å². The molecule has 0 aliphatic heterocycles. The maximum absolute atomic E-state index is 12.7. The minimum Gasteiger partial charge on any atom is -0.394 e. The summed E-state index contributed by atoms with van der Waals surface area (Å²) in [6.07, 6.45) is -0.652. The highest BCUT2D eigenvalue weighted by Crippen LogP contribution is 2.50. The van der Waals surface area contributed by atoms with Crippen molar-refractivity contribution in [1.82, 2.24) is 0 Å². The Labute approximate surface area is 151 Å². The van der Waals surface area contributed by atoms with Crippen LogP contribution in [0.15, 0.2) is 30.3 Å².